The van der Waals surface area contributed by atoms with E-state index in [-0.39, 0.29) is 12.4 Å². The maximum absolute atomic E-state index is 13.4. The molecule has 166 valence electrons. The Labute approximate surface area is 196 Å². The summed E-state index contributed by atoms with van der Waals surface area (Å²) in [5.41, 5.74) is 3.74. The van der Waals surface area contributed by atoms with Crippen LogP contribution < -0.4 is 9.47 Å². The van der Waals surface area contributed by atoms with Crippen molar-refractivity contribution in [2.45, 2.75) is 30.4 Å². The maximum atomic E-state index is 13.4. The topological polar surface area (TPSA) is 74.5 Å². The highest BCUT2D eigenvalue weighted by atomic mass is 32.2. The van der Waals surface area contributed by atoms with Crippen molar-refractivity contribution in [1.82, 2.24) is 10.2 Å². The van der Waals surface area contributed by atoms with Crippen molar-refractivity contribution in [3.05, 3.63) is 101 Å². The molecule has 2 heterocycles. The summed E-state index contributed by atoms with van der Waals surface area (Å²) in [6, 6.07) is 22.9. The Morgan fingerprint density at radius 2 is 1.58 bits per heavy atom. The lowest BCUT2D eigenvalue weighted by Gasteiger charge is -2.23. The van der Waals surface area contributed by atoms with Gasteiger partial charge in [0.1, 0.15) is 11.9 Å². The molecule has 1 aliphatic heterocycles. The quantitative estimate of drug-likeness (QED) is 0.262. The SMILES string of the molecule is Cc1ccc(C(=O)C(Sc2nnc(C3COc4ccccc4O3)o2)c2ccc(C)cc2)cc1. The fraction of sp³-hybridized carbons (Fsp3) is 0.192. The molecular weight excluding hydrogens is 436 g/mol. The van der Waals surface area contributed by atoms with Crippen LogP contribution in [-0.2, 0) is 0 Å². The van der Waals surface area contributed by atoms with Crippen molar-refractivity contribution >= 4 is 17.5 Å². The number of thioether (sulfide) groups is 1. The Kier molecular flexibility index (Phi) is 5.88. The van der Waals surface area contributed by atoms with Crippen molar-refractivity contribution in [2.24, 2.45) is 0 Å². The number of ketones is 1. The minimum atomic E-state index is -0.522. The molecule has 2 unspecified atom stereocenters. The molecule has 0 saturated heterocycles. The van der Waals surface area contributed by atoms with Crippen LogP contribution in [0.1, 0.15) is 44.3 Å². The Bertz CT molecular complexity index is 1270. The summed E-state index contributed by atoms with van der Waals surface area (Å²) < 4.78 is 17.6. The van der Waals surface area contributed by atoms with E-state index in [1.807, 2.05) is 86.6 Å². The van der Waals surface area contributed by atoms with E-state index in [0.717, 1.165) is 16.7 Å². The zero-order valence-corrected chi connectivity index (χ0v) is 19.0. The molecule has 4 aromatic rings. The van der Waals surface area contributed by atoms with E-state index >= 15 is 0 Å². The first-order valence-electron chi connectivity index (χ1n) is 10.6. The second-order valence-electron chi connectivity index (χ2n) is 7.91. The summed E-state index contributed by atoms with van der Waals surface area (Å²) in [6.45, 7) is 4.28. The Balaban J connectivity index is 1.39. The molecule has 0 radical (unpaired) electrons. The van der Waals surface area contributed by atoms with Gasteiger partial charge in [0.2, 0.25) is 6.10 Å². The number of Topliss-reactive ketones (excluding diaryl/α,β-unsaturated/α-hetero) is 1. The number of aryl methyl sites for hydroxylation is 2. The first-order valence-corrected chi connectivity index (χ1v) is 11.5. The molecule has 0 N–H and O–H groups in total. The highest BCUT2D eigenvalue weighted by Crippen LogP contribution is 2.39. The fourth-order valence-corrected chi connectivity index (χ4v) is 4.48. The van der Waals surface area contributed by atoms with E-state index in [2.05, 4.69) is 10.2 Å². The highest BCUT2D eigenvalue weighted by Gasteiger charge is 2.30. The molecule has 1 aliphatic rings. The van der Waals surface area contributed by atoms with Crippen molar-refractivity contribution in [2.75, 3.05) is 6.61 Å². The van der Waals surface area contributed by atoms with Gasteiger partial charge in [-0.1, -0.05) is 71.8 Å². The number of fused-ring (bicyclic) bond motifs is 1. The van der Waals surface area contributed by atoms with Crippen LogP contribution in [0.5, 0.6) is 11.5 Å². The van der Waals surface area contributed by atoms with E-state index in [1.165, 1.54) is 11.8 Å². The minimum absolute atomic E-state index is 0.0187. The number of carbonyl (C=O) groups is 1. The molecule has 6 nitrogen and oxygen atoms in total. The molecule has 33 heavy (non-hydrogen) atoms. The molecule has 0 bridgehead atoms. The molecule has 0 amide bonds. The number of aromatic nitrogens is 2. The maximum Gasteiger partial charge on any atom is 0.277 e. The summed E-state index contributed by atoms with van der Waals surface area (Å²) in [5, 5.41) is 8.12. The number of hydrogen-bond donors (Lipinski definition) is 0. The van der Waals surface area contributed by atoms with Gasteiger partial charge >= 0.3 is 0 Å². The van der Waals surface area contributed by atoms with Gasteiger partial charge < -0.3 is 13.9 Å². The third kappa shape index (κ3) is 4.64. The molecule has 0 saturated carbocycles. The van der Waals surface area contributed by atoms with Gasteiger partial charge in [0.15, 0.2) is 17.3 Å². The zero-order chi connectivity index (χ0) is 22.8. The van der Waals surface area contributed by atoms with E-state index in [9.17, 15) is 4.79 Å². The summed E-state index contributed by atoms with van der Waals surface area (Å²) in [5.74, 6) is 1.62. The molecular formula is C26H22N2O4S. The lowest BCUT2D eigenvalue weighted by Crippen LogP contribution is -2.21. The second-order valence-corrected chi connectivity index (χ2v) is 8.97. The van der Waals surface area contributed by atoms with Crippen LogP contribution in [0.25, 0.3) is 0 Å². The summed E-state index contributed by atoms with van der Waals surface area (Å²) in [4.78, 5) is 13.4. The van der Waals surface area contributed by atoms with Crippen molar-refractivity contribution in [3.8, 4) is 11.5 Å². The van der Waals surface area contributed by atoms with Crippen LogP contribution in [0.3, 0.4) is 0 Å². The van der Waals surface area contributed by atoms with Crippen LogP contribution in [0, 0.1) is 13.8 Å². The van der Waals surface area contributed by atoms with Gasteiger partial charge in [-0.25, -0.2) is 0 Å². The standard InChI is InChI=1S/C26H22N2O4S/c1-16-7-11-18(12-8-16)23(29)24(19-13-9-17(2)10-14-19)33-26-28-27-25(32-26)22-15-30-20-5-3-4-6-21(20)31-22/h3-14,22,24H,15H2,1-2H3. The molecule has 0 spiro atoms. The Hall–Kier alpha value is -3.58. The predicted molar refractivity (Wildman–Crippen MR) is 125 cm³/mol. The largest absolute Gasteiger partial charge is 0.485 e. The van der Waals surface area contributed by atoms with Gasteiger partial charge in [-0.05, 0) is 43.3 Å². The third-order valence-corrected chi connectivity index (χ3v) is 6.47. The third-order valence-electron chi connectivity index (χ3n) is 5.38. The molecule has 1 aromatic heterocycles. The van der Waals surface area contributed by atoms with Crippen molar-refractivity contribution in [1.29, 1.82) is 0 Å². The van der Waals surface area contributed by atoms with Gasteiger partial charge in [-0.3, -0.25) is 4.79 Å². The Morgan fingerprint density at radius 1 is 0.909 bits per heavy atom. The molecule has 7 heteroatoms. The minimum Gasteiger partial charge on any atom is -0.485 e. The summed E-state index contributed by atoms with van der Waals surface area (Å²) >= 11 is 1.24. The van der Waals surface area contributed by atoms with Gasteiger partial charge in [0.25, 0.3) is 11.1 Å². The second kappa shape index (κ2) is 9.11. The lowest BCUT2D eigenvalue weighted by atomic mass is 10.0. The zero-order valence-electron chi connectivity index (χ0n) is 18.2. The first kappa shape index (κ1) is 21.3. The lowest BCUT2D eigenvalue weighted by molar-refractivity contribution is 0.0686. The average Bonchev–Trinajstić information content (AvgIpc) is 3.32. The van der Waals surface area contributed by atoms with Crippen LogP contribution in [0.4, 0.5) is 0 Å². The summed E-state index contributed by atoms with van der Waals surface area (Å²) in [6.07, 6.45) is -0.507. The van der Waals surface area contributed by atoms with Gasteiger partial charge in [-0.15, -0.1) is 10.2 Å². The highest BCUT2D eigenvalue weighted by molar-refractivity contribution is 8.00. The molecule has 2 atom stereocenters. The molecule has 0 fully saturated rings. The van der Waals surface area contributed by atoms with Gasteiger partial charge in [0, 0.05) is 5.56 Å². The summed E-state index contributed by atoms with van der Waals surface area (Å²) in [7, 11) is 0. The average molecular weight is 459 g/mol. The van der Waals surface area contributed by atoms with E-state index < -0.39 is 11.4 Å². The van der Waals surface area contributed by atoms with E-state index in [0.29, 0.717) is 28.2 Å². The van der Waals surface area contributed by atoms with Crippen LogP contribution >= 0.6 is 11.8 Å². The molecule has 5 rings (SSSR count). The van der Waals surface area contributed by atoms with Gasteiger partial charge in [0.05, 0.1) is 0 Å². The number of ether oxygens (including phenoxy) is 2. The predicted octanol–water partition coefficient (Wildman–Crippen LogP) is 5.92. The fourth-order valence-electron chi connectivity index (χ4n) is 3.52. The molecule has 0 aliphatic carbocycles. The molecule has 3 aromatic carbocycles. The van der Waals surface area contributed by atoms with E-state index in [4.69, 9.17) is 13.9 Å². The smallest absolute Gasteiger partial charge is 0.277 e. The number of rotatable bonds is 6. The van der Waals surface area contributed by atoms with Crippen LogP contribution in [0.15, 0.2) is 82.4 Å². The Morgan fingerprint density at radius 3 is 2.30 bits per heavy atom. The van der Waals surface area contributed by atoms with Gasteiger partial charge in [-0.2, -0.15) is 0 Å². The number of hydrogen-bond acceptors (Lipinski definition) is 7. The first-order chi connectivity index (χ1) is 16.1. The van der Waals surface area contributed by atoms with E-state index in [1.54, 1.807) is 0 Å². The number of benzene rings is 3. The number of nitrogens with zero attached hydrogens (tertiary/aromatic N) is 2. The number of para-hydroxylation sites is 2. The van der Waals surface area contributed by atoms with Crippen molar-refractivity contribution < 1.29 is 18.7 Å². The van der Waals surface area contributed by atoms with Crippen molar-refractivity contribution in [3.63, 3.8) is 0 Å². The number of carbonyl (C=O) groups excluding carboxylic acids is 1. The van der Waals surface area contributed by atoms with Crippen LogP contribution in [0.2, 0.25) is 0 Å². The monoisotopic (exact) mass is 458 g/mol. The van der Waals surface area contributed by atoms with Crippen LogP contribution in [-0.4, -0.2) is 22.6 Å². The normalized spacial score (nSPS) is 15.8.